The summed E-state index contributed by atoms with van der Waals surface area (Å²) in [7, 11) is -0.570. The molecule has 0 amide bonds. The van der Waals surface area contributed by atoms with Crippen LogP contribution < -0.4 is 19.5 Å². The second-order valence-electron chi connectivity index (χ2n) is 8.07. The van der Waals surface area contributed by atoms with Gasteiger partial charge in [0.1, 0.15) is 5.75 Å². The van der Waals surface area contributed by atoms with Crippen molar-refractivity contribution in [1.29, 1.82) is 0 Å². The topological polar surface area (TPSA) is 142 Å². The van der Waals surface area contributed by atoms with E-state index in [1.807, 2.05) is 13.0 Å². The molecule has 0 aliphatic carbocycles. The van der Waals surface area contributed by atoms with Gasteiger partial charge in [-0.3, -0.25) is 9.79 Å². The third-order valence-electron chi connectivity index (χ3n) is 5.09. The second-order valence-corrected chi connectivity index (χ2v) is 9.40. The molecule has 0 bridgehead atoms. The quantitative estimate of drug-likeness (QED) is 0.299. The van der Waals surface area contributed by atoms with Crippen molar-refractivity contribution in [3.05, 3.63) is 59.7 Å². The highest BCUT2D eigenvalue weighted by Crippen LogP contribution is 2.35. The highest BCUT2D eigenvalue weighted by molar-refractivity contribution is 7.89. The van der Waals surface area contributed by atoms with Crippen molar-refractivity contribution in [2.24, 2.45) is 9.39 Å². The van der Waals surface area contributed by atoms with Crippen molar-refractivity contribution in [2.45, 2.75) is 13.0 Å². The van der Waals surface area contributed by atoms with Crippen molar-refractivity contribution in [3.63, 3.8) is 0 Å². The molecule has 0 saturated heterocycles. The number of para-hydroxylation sites is 1. The second kappa shape index (κ2) is 9.76. The first kappa shape index (κ1) is 24.2. The highest BCUT2D eigenvalue weighted by Gasteiger charge is 2.29. The van der Waals surface area contributed by atoms with Gasteiger partial charge in [-0.05, 0) is 50.8 Å². The Morgan fingerprint density at radius 1 is 1.29 bits per heavy atom. The summed E-state index contributed by atoms with van der Waals surface area (Å²) in [6.45, 7) is 2.05. The minimum Gasteiger partial charge on any atom is -0.505 e. The van der Waals surface area contributed by atoms with E-state index >= 15 is 0 Å². The van der Waals surface area contributed by atoms with Crippen LogP contribution in [0.1, 0.15) is 28.9 Å². The number of nitrogens with one attached hydrogen (secondary N) is 2. The van der Waals surface area contributed by atoms with Gasteiger partial charge in [-0.25, -0.2) is 4.72 Å². The summed E-state index contributed by atoms with van der Waals surface area (Å²) in [4.78, 5) is 18.7. The molecule has 0 aromatic heterocycles. The highest BCUT2D eigenvalue weighted by atomic mass is 32.2. The lowest BCUT2D eigenvalue weighted by Crippen LogP contribution is -2.31. The molecular formula is C23H25N5O6S. The van der Waals surface area contributed by atoms with Crippen LogP contribution in [0.4, 0.5) is 5.69 Å². The SMILES string of the molecule is C/C=C/C(N=C1NS(=O)(=O)N=C1Nc1cccc(C(=O)CN(C)C)c1O)c1ccc2c(c1)OCO2. The van der Waals surface area contributed by atoms with E-state index in [-0.39, 0.29) is 47.8 Å². The lowest BCUT2D eigenvalue weighted by Gasteiger charge is -2.14. The number of phenols is 1. The number of Topliss-reactive ketones (excluding diaryl/α,β-unsaturated/α-hetero) is 1. The number of carbonyl (C=O) groups excluding carboxylic acids is 1. The van der Waals surface area contributed by atoms with Gasteiger partial charge in [-0.15, -0.1) is 4.40 Å². The average Bonchev–Trinajstić information content (AvgIpc) is 3.37. The minimum absolute atomic E-state index is 0.0461. The molecule has 0 spiro atoms. The molecule has 0 saturated carbocycles. The van der Waals surface area contributed by atoms with Gasteiger partial charge in [0, 0.05) is 0 Å². The van der Waals surface area contributed by atoms with Gasteiger partial charge in [0.25, 0.3) is 0 Å². The van der Waals surface area contributed by atoms with E-state index in [4.69, 9.17) is 9.47 Å². The number of fused-ring (bicyclic) bond motifs is 1. The molecular weight excluding hydrogens is 474 g/mol. The van der Waals surface area contributed by atoms with Gasteiger partial charge in [0.15, 0.2) is 29.0 Å². The lowest BCUT2D eigenvalue weighted by atomic mass is 10.1. The first-order chi connectivity index (χ1) is 16.7. The van der Waals surface area contributed by atoms with E-state index in [9.17, 15) is 18.3 Å². The van der Waals surface area contributed by atoms with Crippen LogP contribution in [0.25, 0.3) is 0 Å². The van der Waals surface area contributed by atoms with Crippen molar-refractivity contribution in [2.75, 3.05) is 32.7 Å². The monoisotopic (exact) mass is 499 g/mol. The van der Waals surface area contributed by atoms with E-state index < -0.39 is 16.3 Å². The van der Waals surface area contributed by atoms with Crippen molar-refractivity contribution in [3.8, 4) is 17.2 Å². The summed E-state index contributed by atoms with van der Waals surface area (Å²) in [5, 5.41) is 13.5. The van der Waals surface area contributed by atoms with Crippen molar-refractivity contribution >= 4 is 33.4 Å². The van der Waals surface area contributed by atoms with Crippen LogP contribution in [0.5, 0.6) is 17.2 Å². The van der Waals surface area contributed by atoms with E-state index in [2.05, 4.69) is 19.4 Å². The van der Waals surface area contributed by atoms with Crippen LogP contribution in [0, 0.1) is 0 Å². The van der Waals surface area contributed by atoms with Crippen LogP contribution in [0.15, 0.2) is 57.9 Å². The van der Waals surface area contributed by atoms with Crippen LogP contribution in [0.2, 0.25) is 0 Å². The fourth-order valence-electron chi connectivity index (χ4n) is 3.54. The molecule has 3 N–H and O–H groups in total. The molecule has 12 heteroatoms. The Labute approximate surface area is 203 Å². The maximum Gasteiger partial charge on any atom is 0.345 e. The molecule has 2 aliphatic rings. The van der Waals surface area contributed by atoms with E-state index in [1.165, 1.54) is 12.1 Å². The normalized spacial score (nSPS) is 18.1. The number of nitrogens with zero attached hydrogens (tertiary/aromatic N) is 3. The van der Waals surface area contributed by atoms with Gasteiger partial charge < -0.3 is 24.8 Å². The predicted octanol–water partition coefficient (Wildman–Crippen LogP) is 2.24. The molecule has 2 aromatic rings. The number of ether oxygens (including phenoxy) is 2. The summed E-state index contributed by atoms with van der Waals surface area (Å²) in [6.07, 6.45) is 3.57. The Bertz CT molecular complexity index is 1350. The Kier molecular flexibility index (Phi) is 6.76. The molecule has 0 fully saturated rings. The zero-order chi connectivity index (χ0) is 25.2. The third kappa shape index (κ3) is 5.44. The molecule has 184 valence electrons. The number of benzene rings is 2. The number of aliphatic imine (C=N–C) groups is 1. The number of amidine groups is 2. The van der Waals surface area contributed by atoms with E-state index in [0.717, 1.165) is 5.56 Å². The van der Waals surface area contributed by atoms with Gasteiger partial charge >= 0.3 is 10.2 Å². The van der Waals surface area contributed by atoms with Crippen LogP contribution in [-0.2, 0) is 10.2 Å². The summed E-state index contributed by atoms with van der Waals surface area (Å²) < 4.78 is 41.3. The maximum absolute atomic E-state index is 12.5. The van der Waals surface area contributed by atoms with Gasteiger partial charge in [0.2, 0.25) is 6.79 Å². The van der Waals surface area contributed by atoms with Crippen LogP contribution in [0.3, 0.4) is 0 Å². The number of rotatable bonds is 7. The van der Waals surface area contributed by atoms with Crippen LogP contribution in [-0.4, -0.2) is 63.3 Å². The van der Waals surface area contributed by atoms with Crippen molar-refractivity contribution < 1.29 is 27.8 Å². The largest absolute Gasteiger partial charge is 0.505 e. The number of likely N-dealkylation sites (N-methyl/N-ethyl adjacent to an activating group) is 1. The number of hydrogen-bond acceptors (Lipinski definition) is 9. The first-order valence-corrected chi connectivity index (χ1v) is 12.1. The molecule has 4 rings (SSSR count). The summed E-state index contributed by atoms with van der Waals surface area (Å²) in [5.41, 5.74) is 0.957. The van der Waals surface area contributed by atoms with E-state index in [0.29, 0.717) is 11.5 Å². The molecule has 1 unspecified atom stereocenters. The number of hydrogen-bond donors (Lipinski definition) is 3. The average molecular weight is 500 g/mol. The first-order valence-electron chi connectivity index (χ1n) is 10.7. The number of ketones is 1. The number of aromatic hydroxyl groups is 1. The molecule has 2 aliphatic heterocycles. The molecule has 1 atom stereocenters. The van der Waals surface area contributed by atoms with E-state index in [1.54, 1.807) is 49.3 Å². The summed E-state index contributed by atoms with van der Waals surface area (Å²) in [6, 6.07) is 9.35. The predicted molar refractivity (Wildman–Crippen MR) is 132 cm³/mol. The summed E-state index contributed by atoms with van der Waals surface area (Å²) >= 11 is 0. The van der Waals surface area contributed by atoms with Gasteiger partial charge in [-0.2, -0.15) is 8.42 Å². The number of carbonyl (C=O) groups is 1. The molecule has 2 heterocycles. The Morgan fingerprint density at radius 2 is 2.06 bits per heavy atom. The fraction of sp³-hybridized carbons (Fsp3) is 0.261. The van der Waals surface area contributed by atoms with Gasteiger partial charge in [-0.1, -0.05) is 24.3 Å². The maximum atomic E-state index is 12.5. The zero-order valence-corrected chi connectivity index (χ0v) is 20.2. The Hall–Kier alpha value is -3.90. The third-order valence-corrected chi connectivity index (χ3v) is 5.97. The Morgan fingerprint density at radius 3 is 2.80 bits per heavy atom. The standard InChI is InChI=1S/C23H25N5O6S/c1-4-6-16(14-9-10-19-20(11-14)34-13-33-19)24-22-23(27-35(31,32)26-22)25-17-8-5-7-15(21(17)30)18(29)12-28(2)3/h4-11,16,30H,12-13H2,1-3H3,(H,24,26)(H,25,27)/b6-4+. The molecule has 2 aromatic carbocycles. The van der Waals surface area contributed by atoms with Crippen LogP contribution >= 0.6 is 0 Å². The molecule has 11 nitrogen and oxygen atoms in total. The molecule has 0 radical (unpaired) electrons. The summed E-state index contributed by atoms with van der Waals surface area (Å²) in [5.74, 6) is 0.417. The number of phenolic OH excluding ortho intramolecular Hbond substituents is 1. The number of allylic oxidation sites excluding steroid dienone is 1. The van der Waals surface area contributed by atoms with Gasteiger partial charge in [0.05, 0.1) is 23.8 Å². The number of anilines is 1. The zero-order valence-electron chi connectivity index (χ0n) is 19.3. The minimum atomic E-state index is -4.05. The van der Waals surface area contributed by atoms with Crippen molar-refractivity contribution in [1.82, 2.24) is 9.62 Å². The smallest absolute Gasteiger partial charge is 0.345 e. The lowest BCUT2D eigenvalue weighted by molar-refractivity contribution is 0.0955. The molecule has 35 heavy (non-hydrogen) atoms. The fourth-order valence-corrected chi connectivity index (χ4v) is 4.35. The Balaban J connectivity index is 1.67.